The largest absolute Gasteiger partial charge is 0.423 e. The van der Waals surface area contributed by atoms with Crippen molar-refractivity contribution in [3.05, 3.63) is 47.0 Å². The molecule has 0 saturated heterocycles. The fourth-order valence-corrected chi connectivity index (χ4v) is 5.54. The van der Waals surface area contributed by atoms with Gasteiger partial charge < -0.3 is 10.2 Å². The topological polar surface area (TPSA) is 115 Å². The molecule has 27 heavy (non-hydrogen) atoms. The third-order valence-electron chi connectivity index (χ3n) is 4.50. The van der Waals surface area contributed by atoms with E-state index in [-0.39, 0.29) is 11.7 Å². The number of guanidine groups is 1. The first-order valence-electron chi connectivity index (χ1n) is 8.06. The average molecular weight is 403 g/mol. The summed E-state index contributed by atoms with van der Waals surface area (Å²) in [5.41, 5.74) is 7.66. The van der Waals surface area contributed by atoms with E-state index >= 15 is 0 Å². The summed E-state index contributed by atoms with van der Waals surface area (Å²) in [5.74, 6) is 0.314. The van der Waals surface area contributed by atoms with E-state index < -0.39 is 15.6 Å². The van der Waals surface area contributed by atoms with Gasteiger partial charge in [0.15, 0.2) is 0 Å². The highest BCUT2D eigenvalue weighted by Crippen LogP contribution is 2.38. The molecular weight excluding hydrogens is 386 g/mol. The Hall–Kier alpha value is -2.72. The number of hydrogen-bond donors (Lipinski definition) is 1. The van der Waals surface area contributed by atoms with Gasteiger partial charge in [0, 0.05) is 17.5 Å². The lowest BCUT2D eigenvalue weighted by molar-refractivity contribution is 0.482. The molecular formula is C17H17N5O3S2. The van der Waals surface area contributed by atoms with Gasteiger partial charge in [-0.1, -0.05) is 12.1 Å². The standard InChI is InChI=1S/C17H17N5O3S2/c1-17(9-27(23,24)22(2)16(18)20-17)14-7-13(8-26-14)11-4-3-5-12(6-11)15-21-19-10-25-15/h3-8,10H,9H2,1-2H3,(H2,18,20). The zero-order valence-electron chi connectivity index (χ0n) is 14.7. The van der Waals surface area contributed by atoms with Crippen LogP contribution in [0, 0.1) is 0 Å². The van der Waals surface area contributed by atoms with Crippen molar-refractivity contribution in [2.45, 2.75) is 12.5 Å². The molecule has 2 N–H and O–H groups in total. The van der Waals surface area contributed by atoms with Crippen LogP contribution in [0.25, 0.3) is 22.6 Å². The fourth-order valence-electron chi connectivity index (χ4n) is 2.98. The van der Waals surface area contributed by atoms with E-state index in [0.29, 0.717) is 5.89 Å². The van der Waals surface area contributed by atoms with E-state index in [4.69, 9.17) is 10.2 Å². The normalized spacial score (nSPS) is 21.9. The maximum absolute atomic E-state index is 12.4. The first-order valence-corrected chi connectivity index (χ1v) is 10.6. The van der Waals surface area contributed by atoms with Crippen molar-refractivity contribution in [2.24, 2.45) is 10.7 Å². The smallest absolute Gasteiger partial charge is 0.247 e. The van der Waals surface area contributed by atoms with Gasteiger partial charge in [0.25, 0.3) is 0 Å². The molecule has 0 spiro atoms. The Kier molecular flexibility index (Phi) is 4.04. The number of sulfonamides is 1. The number of hydrogen-bond acceptors (Lipinski definition) is 8. The number of rotatable bonds is 3. The number of thiophene rings is 1. The van der Waals surface area contributed by atoms with Crippen LogP contribution >= 0.6 is 11.3 Å². The molecule has 3 heterocycles. The summed E-state index contributed by atoms with van der Waals surface area (Å²) in [5, 5.41) is 9.60. The SMILES string of the molecule is CN1C(N)=NC(C)(c2cc(-c3cccc(-c4nnco4)c3)cs2)CS1(=O)=O. The minimum absolute atomic E-state index is 0.00269. The first-order chi connectivity index (χ1) is 12.8. The molecule has 140 valence electrons. The van der Waals surface area contributed by atoms with Crippen molar-refractivity contribution in [1.29, 1.82) is 0 Å². The molecule has 0 radical (unpaired) electrons. The molecule has 1 aliphatic heterocycles. The van der Waals surface area contributed by atoms with Crippen molar-refractivity contribution in [3.63, 3.8) is 0 Å². The van der Waals surface area contributed by atoms with Crippen LogP contribution in [-0.4, -0.2) is 41.7 Å². The van der Waals surface area contributed by atoms with Crippen LogP contribution in [0.4, 0.5) is 0 Å². The van der Waals surface area contributed by atoms with Gasteiger partial charge in [0.2, 0.25) is 28.3 Å². The number of nitrogens with two attached hydrogens (primary N) is 1. The zero-order valence-corrected chi connectivity index (χ0v) is 16.3. The molecule has 3 aromatic rings. The highest BCUT2D eigenvalue weighted by molar-refractivity contribution is 7.89. The summed E-state index contributed by atoms with van der Waals surface area (Å²) in [6.45, 7) is 1.79. The van der Waals surface area contributed by atoms with Crippen molar-refractivity contribution in [3.8, 4) is 22.6 Å². The monoisotopic (exact) mass is 403 g/mol. The molecule has 0 bridgehead atoms. The van der Waals surface area contributed by atoms with E-state index in [1.807, 2.05) is 35.7 Å². The average Bonchev–Trinajstić information content (AvgIpc) is 3.31. The predicted octanol–water partition coefficient (Wildman–Crippen LogP) is 2.27. The Morgan fingerprint density at radius 3 is 2.74 bits per heavy atom. The second-order valence-electron chi connectivity index (χ2n) is 6.49. The number of aromatic nitrogens is 2. The van der Waals surface area contributed by atoms with Crippen molar-refractivity contribution in [2.75, 3.05) is 12.8 Å². The lowest BCUT2D eigenvalue weighted by atomic mass is 10.0. The molecule has 1 aromatic carbocycles. The Labute approximate surface area is 160 Å². The highest BCUT2D eigenvalue weighted by Gasteiger charge is 2.41. The molecule has 1 atom stereocenters. The van der Waals surface area contributed by atoms with Gasteiger partial charge in [-0.05, 0) is 41.6 Å². The van der Waals surface area contributed by atoms with Gasteiger partial charge in [-0.25, -0.2) is 17.7 Å². The minimum atomic E-state index is -3.50. The van der Waals surface area contributed by atoms with Gasteiger partial charge in [0.05, 0.1) is 5.75 Å². The fraction of sp³-hybridized carbons (Fsp3) is 0.235. The third-order valence-corrected chi connectivity index (χ3v) is 7.63. The van der Waals surface area contributed by atoms with E-state index in [0.717, 1.165) is 25.9 Å². The second kappa shape index (κ2) is 6.17. The third kappa shape index (κ3) is 3.10. The molecule has 1 unspecified atom stereocenters. The summed E-state index contributed by atoms with van der Waals surface area (Å²) in [6, 6.07) is 9.67. The van der Waals surface area contributed by atoms with Gasteiger partial charge in [-0.3, -0.25) is 0 Å². The Bertz CT molecular complexity index is 1120. The molecule has 2 aromatic heterocycles. The maximum Gasteiger partial charge on any atom is 0.247 e. The van der Waals surface area contributed by atoms with Crippen molar-refractivity contribution < 1.29 is 12.8 Å². The Morgan fingerprint density at radius 2 is 2.04 bits per heavy atom. The zero-order chi connectivity index (χ0) is 19.2. The van der Waals surface area contributed by atoms with Crippen LogP contribution in [0.1, 0.15) is 11.8 Å². The second-order valence-corrected chi connectivity index (χ2v) is 9.40. The summed E-state index contributed by atoms with van der Waals surface area (Å²) in [4.78, 5) is 5.28. The van der Waals surface area contributed by atoms with Crippen LogP contribution in [0.2, 0.25) is 0 Å². The van der Waals surface area contributed by atoms with E-state index in [1.54, 1.807) is 6.92 Å². The van der Waals surface area contributed by atoms with E-state index in [2.05, 4.69) is 15.2 Å². The van der Waals surface area contributed by atoms with Gasteiger partial charge in [0.1, 0.15) is 5.54 Å². The lowest BCUT2D eigenvalue weighted by Crippen LogP contribution is -2.50. The molecule has 8 nitrogen and oxygen atoms in total. The molecule has 0 aliphatic carbocycles. The molecule has 0 fully saturated rings. The molecule has 10 heteroatoms. The van der Waals surface area contributed by atoms with Crippen LogP contribution < -0.4 is 5.73 Å². The highest BCUT2D eigenvalue weighted by atomic mass is 32.2. The van der Waals surface area contributed by atoms with Crippen LogP contribution in [0.5, 0.6) is 0 Å². The van der Waals surface area contributed by atoms with Gasteiger partial charge in [-0.2, -0.15) is 0 Å². The Balaban J connectivity index is 1.72. The summed E-state index contributed by atoms with van der Waals surface area (Å²) in [7, 11) is -2.09. The van der Waals surface area contributed by atoms with E-state index in [9.17, 15) is 8.42 Å². The first kappa shape index (κ1) is 17.7. The minimum Gasteiger partial charge on any atom is -0.423 e. The maximum atomic E-state index is 12.4. The summed E-state index contributed by atoms with van der Waals surface area (Å²) < 4.78 is 31.0. The lowest BCUT2D eigenvalue weighted by Gasteiger charge is -2.33. The Morgan fingerprint density at radius 1 is 1.26 bits per heavy atom. The molecule has 0 saturated carbocycles. The number of nitrogens with zero attached hydrogens (tertiary/aromatic N) is 4. The summed E-state index contributed by atoms with van der Waals surface area (Å²) >= 11 is 1.46. The van der Waals surface area contributed by atoms with Crippen LogP contribution in [0.3, 0.4) is 0 Å². The molecule has 1 aliphatic rings. The van der Waals surface area contributed by atoms with Crippen molar-refractivity contribution >= 4 is 27.3 Å². The molecule has 4 rings (SSSR count). The van der Waals surface area contributed by atoms with Gasteiger partial charge in [-0.15, -0.1) is 21.5 Å². The number of aliphatic imine (C=N–C) groups is 1. The van der Waals surface area contributed by atoms with E-state index in [1.165, 1.54) is 24.8 Å². The quantitative estimate of drug-likeness (QED) is 0.717. The van der Waals surface area contributed by atoms with Crippen LogP contribution in [-0.2, 0) is 15.6 Å². The predicted molar refractivity (Wildman–Crippen MR) is 104 cm³/mol. The molecule has 0 amide bonds. The van der Waals surface area contributed by atoms with Crippen molar-refractivity contribution in [1.82, 2.24) is 14.5 Å². The van der Waals surface area contributed by atoms with Gasteiger partial charge >= 0.3 is 0 Å². The van der Waals surface area contributed by atoms with Crippen LogP contribution in [0.15, 0.2) is 51.5 Å². The number of benzene rings is 1. The summed E-state index contributed by atoms with van der Waals surface area (Å²) in [6.07, 6.45) is 1.29.